The van der Waals surface area contributed by atoms with Crippen molar-refractivity contribution in [1.29, 1.82) is 0 Å². The second-order valence-electron chi connectivity index (χ2n) is 5.45. The van der Waals surface area contributed by atoms with E-state index in [4.69, 9.17) is 0 Å². The van der Waals surface area contributed by atoms with Gasteiger partial charge in [-0.05, 0) is 42.8 Å². The molecule has 6 nitrogen and oxygen atoms in total. The minimum absolute atomic E-state index is 0.0712. The molecule has 23 heavy (non-hydrogen) atoms. The van der Waals surface area contributed by atoms with Crippen molar-refractivity contribution in [2.45, 2.75) is 19.0 Å². The zero-order valence-electron chi connectivity index (χ0n) is 12.6. The van der Waals surface area contributed by atoms with E-state index < -0.39 is 0 Å². The molecule has 1 aliphatic rings. The molecule has 3 rings (SSSR count). The lowest BCUT2D eigenvalue weighted by Crippen LogP contribution is -2.43. The minimum atomic E-state index is -0.244. The van der Waals surface area contributed by atoms with Crippen LogP contribution in [0.4, 0.5) is 14.9 Å². The van der Waals surface area contributed by atoms with E-state index in [2.05, 4.69) is 25.7 Å². The first kappa shape index (κ1) is 15.2. The third-order valence-electron chi connectivity index (χ3n) is 3.77. The van der Waals surface area contributed by atoms with Crippen molar-refractivity contribution in [3.05, 3.63) is 54.1 Å². The lowest BCUT2D eigenvalue weighted by atomic mass is 10.2. The van der Waals surface area contributed by atoms with Gasteiger partial charge in [-0.15, -0.1) is 0 Å². The highest BCUT2D eigenvalue weighted by Gasteiger charge is 2.24. The topological polar surface area (TPSA) is 70.1 Å². The van der Waals surface area contributed by atoms with Gasteiger partial charge in [0.05, 0.1) is 12.2 Å². The molecule has 120 valence electrons. The van der Waals surface area contributed by atoms with Crippen molar-refractivity contribution in [3.63, 3.8) is 0 Å². The van der Waals surface area contributed by atoms with E-state index >= 15 is 0 Å². The number of carbonyl (C=O) groups is 1. The third-order valence-corrected chi connectivity index (χ3v) is 3.77. The molecule has 1 aromatic carbocycles. The maximum atomic E-state index is 13.0. The molecule has 2 amide bonds. The first-order valence-corrected chi connectivity index (χ1v) is 7.52. The van der Waals surface area contributed by atoms with Crippen molar-refractivity contribution in [1.82, 2.24) is 20.8 Å². The largest absolute Gasteiger partial charge is 0.369 e. The second-order valence-corrected chi connectivity index (χ2v) is 5.45. The van der Waals surface area contributed by atoms with Crippen molar-refractivity contribution < 1.29 is 9.18 Å². The molecule has 0 saturated carbocycles. The first-order chi connectivity index (χ1) is 11.2. The van der Waals surface area contributed by atoms with Crippen molar-refractivity contribution >= 4 is 11.7 Å². The van der Waals surface area contributed by atoms with Gasteiger partial charge in [0, 0.05) is 31.0 Å². The monoisotopic (exact) mass is 315 g/mol. The van der Waals surface area contributed by atoms with Gasteiger partial charge >= 0.3 is 6.03 Å². The molecule has 0 spiro atoms. The minimum Gasteiger partial charge on any atom is -0.369 e. The van der Waals surface area contributed by atoms with Gasteiger partial charge in [-0.2, -0.15) is 10.2 Å². The number of amides is 2. The maximum Gasteiger partial charge on any atom is 0.315 e. The number of anilines is 1. The number of urea groups is 1. The van der Waals surface area contributed by atoms with Gasteiger partial charge < -0.3 is 15.5 Å². The Balaban J connectivity index is 1.46. The van der Waals surface area contributed by atoms with Gasteiger partial charge in [-0.25, -0.2) is 9.18 Å². The summed E-state index contributed by atoms with van der Waals surface area (Å²) in [6, 6.07) is 9.84. The normalized spacial score (nSPS) is 17.1. The molecule has 2 aromatic rings. The summed E-state index contributed by atoms with van der Waals surface area (Å²) in [6.45, 7) is 1.89. The van der Waals surface area contributed by atoms with Crippen LogP contribution in [0.5, 0.6) is 0 Å². The Morgan fingerprint density at radius 2 is 2.13 bits per heavy atom. The van der Waals surface area contributed by atoms with E-state index in [1.165, 1.54) is 12.1 Å². The van der Waals surface area contributed by atoms with E-state index in [0.29, 0.717) is 18.8 Å². The predicted octanol–water partition coefficient (Wildman–Crippen LogP) is 1.69. The summed E-state index contributed by atoms with van der Waals surface area (Å²) in [7, 11) is 0. The molecule has 1 aliphatic heterocycles. The van der Waals surface area contributed by atoms with Gasteiger partial charge in [-0.3, -0.25) is 0 Å². The average Bonchev–Trinajstić information content (AvgIpc) is 3.03. The van der Waals surface area contributed by atoms with Gasteiger partial charge in [0.15, 0.2) is 0 Å². The third kappa shape index (κ3) is 4.15. The van der Waals surface area contributed by atoms with Crippen LogP contribution in [0, 0.1) is 5.82 Å². The Labute approximate surface area is 133 Å². The summed E-state index contributed by atoms with van der Waals surface area (Å²) in [5.41, 5.74) is 1.68. The van der Waals surface area contributed by atoms with Crippen LogP contribution < -0.4 is 15.5 Å². The van der Waals surface area contributed by atoms with Crippen molar-refractivity contribution in [2.24, 2.45) is 0 Å². The first-order valence-electron chi connectivity index (χ1n) is 7.52. The van der Waals surface area contributed by atoms with Gasteiger partial charge in [0.1, 0.15) is 5.82 Å². The molecule has 0 bridgehead atoms. The Kier molecular flexibility index (Phi) is 4.65. The predicted molar refractivity (Wildman–Crippen MR) is 84.4 cm³/mol. The van der Waals surface area contributed by atoms with E-state index in [1.54, 1.807) is 30.5 Å². The number of aromatic nitrogens is 2. The lowest BCUT2D eigenvalue weighted by molar-refractivity contribution is 0.237. The highest BCUT2D eigenvalue weighted by molar-refractivity contribution is 5.74. The summed E-state index contributed by atoms with van der Waals surface area (Å²) < 4.78 is 13.0. The smallest absolute Gasteiger partial charge is 0.315 e. The molecule has 1 aromatic heterocycles. The van der Waals surface area contributed by atoms with E-state index in [1.807, 2.05) is 0 Å². The summed E-state index contributed by atoms with van der Waals surface area (Å²) in [5.74, 6) is -0.244. The standard InChI is InChI=1S/C16H18FN5O/c17-12-3-5-15(6-4-12)22-9-7-14(11-22)20-16(23)18-10-13-2-1-8-19-21-13/h1-6,8,14H,7,9-11H2,(H2,18,20,23). The van der Waals surface area contributed by atoms with Gasteiger partial charge in [0.25, 0.3) is 0 Å². The molecule has 2 heterocycles. The Morgan fingerprint density at radius 1 is 1.30 bits per heavy atom. The number of hydrogen-bond donors (Lipinski definition) is 2. The van der Waals surface area contributed by atoms with Crippen LogP contribution in [-0.2, 0) is 6.54 Å². The van der Waals surface area contributed by atoms with Crippen LogP contribution >= 0.6 is 0 Å². The number of rotatable bonds is 4. The van der Waals surface area contributed by atoms with Crippen molar-refractivity contribution in [3.8, 4) is 0 Å². The quantitative estimate of drug-likeness (QED) is 0.901. The molecule has 1 fully saturated rings. The van der Waals surface area contributed by atoms with Gasteiger partial charge in [0.2, 0.25) is 0 Å². The molecule has 0 radical (unpaired) electrons. The molecular weight excluding hydrogens is 297 g/mol. The van der Waals surface area contributed by atoms with Crippen LogP contribution in [-0.4, -0.2) is 35.4 Å². The SMILES string of the molecule is O=C(NCc1cccnn1)NC1CCN(c2ccc(F)cc2)C1. The summed E-state index contributed by atoms with van der Waals surface area (Å²) in [6.07, 6.45) is 2.45. The average molecular weight is 315 g/mol. The molecule has 2 N–H and O–H groups in total. The Hall–Kier alpha value is -2.70. The number of halogens is 1. The van der Waals surface area contributed by atoms with Crippen LogP contribution in [0.3, 0.4) is 0 Å². The molecule has 1 saturated heterocycles. The lowest BCUT2D eigenvalue weighted by Gasteiger charge is -2.19. The number of hydrogen-bond acceptors (Lipinski definition) is 4. The van der Waals surface area contributed by atoms with E-state index in [9.17, 15) is 9.18 Å². The van der Waals surface area contributed by atoms with E-state index in [0.717, 1.165) is 18.7 Å². The highest BCUT2D eigenvalue weighted by atomic mass is 19.1. The zero-order chi connectivity index (χ0) is 16.1. The summed E-state index contributed by atoms with van der Waals surface area (Å²) >= 11 is 0. The van der Waals surface area contributed by atoms with Gasteiger partial charge in [-0.1, -0.05) is 0 Å². The fraction of sp³-hybridized carbons (Fsp3) is 0.312. The molecule has 1 atom stereocenters. The molecule has 0 aliphatic carbocycles. The second kappa shape index (κ2) is 7.04. The number of nitrogens with one attached hydrogen (secondary N) is 2. The highest BCUT2D eigenvalue weighted by Crippen LogP contribution is 2.20. The fourth-order valence-electron chi connectivity index (χ4n) is 2.60. The molecule has 1 unspecified atom stereocenters. The van der Waals surface area contributed by atoms with Crippen molar-refractivity contribution in [2.75, 3.05) is 18.0 Å². The molecular formula is C16H18FN5O. The van der Waals surface area contributed by atoms with Crippen LogP contribution in [0.25, 0.3) is 0 Å². The summed E-state index contributed by atoms with van der Waals surface area (Å²) in [4.78, 5) is 14.1. The zero-order valence-corrected chi connectivity index (χ0v) is 12.6. The Morgan fingerprint density at radius 3 is 2.87 bits per heavy atom. The van der Waals surface area contributed by atoms with E-state index in [-0.39, 0.29) is 17.9 Å². The Bertz CT molecular complexity index is 649. The number of nitrogens with zero attached hydrogens (tertiary/aromatic N) is 3. The summed E-state index contributed by atoms with van der Waals surface area (Å²) in [5, 5.41) is 13.4. The van der Waals surface area contributed by atoms with Crippen LogP contribution in [0.15, 0.2) is 42.6 Å². The fourth-order valence-corrected chi connectivity index (χ4v) is 2.60. The maximum absolute atomic E-state index is 13.0. The number of carbonyl (C=O) groups excluding carboxylic acids is 1. The van der Waals surface area contributed by atoms with Crippen LogP contribution in [0.2, 0.25) is 0 Å². The molecule has 7 heteroatoms. The van der Waals surface area contributed by atoms with Crippen LogP contribution in [0.1, 0.15) is 12.1 Å². The number of benzene rings is 1.